The fraction of sp³-hybridized carbons (Fsp3) is 0.200. The molecule has 0 radical (unpaired) electrons. The summed E-state index contributed by atoms with van der Waals surface area (Å²) in [6, 6.07) is 4.66. The van der Waals surface area contributed by atoms with Gasteiger partial charge in [-0.25, -0.2) is 4.79 Å². The van der Waals surface area contributed by atoms with Crippen LogP contribution in [0.25, 0.3) is 0 Å². The van der Waals surface area contributed by atoms with E-state index in [2.05, 4.69) is 0 Å². The van der Waals surface area contributed by atoms with Gasteiger partial charge in [-0.3, -0.25) is 0 Å². The van der Waals surface area contributed by atoms with Crippen molar-refractivity contribution in [3.63, 3.8) is 0 Å². The molecule has 0 heterocycles. The zero-order valence-corrected chi connectivity index (χ0v) is 8.28. The molecule has 1 aromatic carbocycles. The van der Waals surface area contributed by atoms with Crippen LogP contribution in [-0.4, -0.2) is 12.6 Å². The lowest BCUT2D eigenvalue weighted by Gasteiger charge is -2.07. The molecule has 0 aliphatic rings. The molecule has 15 heavy (non-hydrogen) atoms. The maximum absolute atomic E-state index is 11.4. The lowest BCUT2D eigenvalue weighted by molar-refractivity contribution is 0.0526. The number of benzene rings is 1. The Morgan fingerprint density at radius 3 is 2.73 bits per heavy atom. The van der Waals surface area contributed by atoms with Crippen LogP contribution in [0.4, 0.5) is 11.4 Å². The van der Waals surface area contributed by atoms with Crippen LogP contribution in [0.2, 0.25) is 0 Å². The topological polar surface area (TPSA) is 102 Å². The molecule has 0 aromatic heterocycles. The zero-order valence-electron chi connectivity index (χ0n) is 8.28. The summed E-state index contributed by atoms with van der Waals surface area (Å²) in [5, 5.41) is 8.83. The number of esters is 1. The maximum Gasteiger partial charge on any atom is 0.339 e. The van der Waals surface area contributed by atoms with Crippen LogP contribution in [0, 0.1) is 11.3 Å². The Hall–Kier alpha value is -2.22. The average Bonchev–Trinajstić information content (AvgIpc) is 2.17. The summed E-state index contributed by atoms with van der Waals surface area (Å²) in [6.07, 6.45) is 0. The molecular formula is C10H11N3O2. The van der Waals surface area contributed by atoms with E-state index in [4.69, 9.17) is 21.5 Å². The first kappa shape index (κ1) is 10.9. The van der Waals surface area contributed by atoms with Gasteiger partial charge in [0, 0.05) is 5.69 Å². The average molecular weight is 205 g/mol. The summed E-state index contributed by atoms with van der Waals surface area (Å²) < 4.78 is 4.78. The van der Waals surface area contributed by atoms with Crippen molar-refractivity contribution in [1.29, 1.82) is 5.26 Å². The minimum absolute atomic E-state index is 0.0997. The van der Waals surface area contributed by atoms with E-state index in [1.165, 1.54) is 12.1 Å². The normalized spacial score (nSPS) is 9.33. The van der Waals surface area contributed by atoms with Gasteiger partial charge in [-0.2, -0.15) is 5.26 Å². The van der Waals surface area contributed by atoms with E-state index in [1.54, 1.807) is 6.92 Å². The van der Waals surface area contributed by atoms with Gasteiger partial charge in [0.15, 0.2) is 0 Å². The Morgan fingerprint density at radius 2 is 2.20 bits per heavy atom. The summed E-state index contributed by atoms with van der Waals surface area (Å²) in [5.41, 5.74) is 11.8. The number of ether oxygens (including phenoxy) is 1. The number of carbonyl (C=O) groups excluding carboxylic acids is 1. The van der Waals surface area contributed by atoms with Crippen LogP contribution < -0.4 is 11.5 Å². The highest BCUT2D eigenvalue weighted by Gasteiger charge is 2.15. The van der Waals surface area contributed by atoms with Crippen molar-refractivity contribution < 1.29 is 9.53 Å². The highest BCUT2D eigenvalue weighted by molar-refractivity contribution is 5.95. The standard InChI is InChI=1S/C10H11N3O2/c1-2-15-10(14)7-3-6(12)4-9(13)8(7)5-11/h3-4H,2,12-13H2,1H3. The van der Waals surface area contributed by atoms with E-state index in [9.17, 15) is 4.79 Å². The Bertz CT molecular complexity index is 435. The second-order valence-electron chi connectivity index (χ2n) is 2.86. The predicted molar refractivity (Wildman–Crippen MR) is 55.9 cm³/mol. The third kappa shape index (κ3) is 2.17. The predicted octanol–water partition coefficient (Wildman–Crippen LogP) is 0.899. The monoisotopic (exact) mass is 205 g/mol. The molecule has 1 rings (SSSR count). The second-order valence-corrected chi connectivity index (χ2v) is 2.86. The van der Waals surface area contributed by atoms with Crippen LogP contribution >= 0.6 is 0 Å². The molecule has 0 aliphatic heterocycles. The molecule has 0 atom stereocenters. The van der Waals surface area contributed by atoms with Crippen LogP contribution in [0.5, 0.6) is 0 Å². The number of nitrogens with two attached hydrogens (primary N) is 2. The molecular weight excluding hydrogens is 194 g/mol. The van der Waals surface area contributed by atoms with Gasteiger partial charge in [-0.15, -0.1) is 0 Å². The van der Waals surface area contributed by atoms with Gasteiger partial charge in [-0.05, 0) is 19.1 Å². The Kier molecular flexibility index (Phi) is 3.13. The summed E-state index contributed by atoms with van der Waals surface area (Å²) in [5.74, 6) is -0.590. The largest absolute Gasteiger partial charge is 0.462 e. The minimum atomic E-state index is -0.590. The third-order valence-electron chi connectivity index (χ3n) is 1.80. The molecule has 5 nitrogen and oxygen atoms in total. The van der Waals surface area contributed by atoms with Crippen molar-refractivity contribution in [2.75, 3.05) is 18.1 Å². The number of anilines is 2. The number of nitrogen functional groups attached to an aromatic ring is 2. The molecule has 1 aromatic rings. The van der Waals surface area contributed by atoms with Gasteiger partial charge < -0.3 is 16.2 Å². The van der Waals surface area contributed by atoms with Gasteiger partial charge in [0.25, 0.3) is 0 Å². The van der Waals surface area contributed by atoms with E-state index < -0.39 is 5.97 Å². The minimum Gasteiger partial charge on any atom is -0.462 e. The molecule has 4 N–H and O–H groups in total. The van der Waals surface area contributed by atoms with E-state index in [0.29, 0.717) is 5.69 Å². The SMILES string of the molecule is CCOC(=O)c1cc(N)cc(N)c1C#N. The third-order valence-corrected chi connectivity index (χ3v) is 1.80. The second kappa shape index (κ2) is 4.33. The number of nitrogens with zero attached hydrogens (tertiary/aromatic N) is 1. The molecule has 0 fully saturated rings. The van der Waals surface area contributed by atoms with Gasteiger partial charge >= 0.3 is 5.97 Å². The summed E-state index contributed by atoms with van der Waals surface area (Å²) >= 11 is 0. The molecule has 0 amide bonds. The maximum atomic E-state index is 11.4. The molecule has 78 valence electrons. The fourth-order valence-corrected chi connectivity index (χ4v) is 1.18. The number of nitriles is 1. The van der Waals surface area contributed by atoms with Gasteiger partial charge in [0.1, 0.15) is 6.07 Å². The first-order valence-corrected chi connectivity index (χ1v) is 4.36. The van der Waals surface area contributed by atoms with Crippen molar-refractivity contribution in [3.05, 3.63) is 23.3 Å². The lowest BCUT2D eigenvalue weighted by Crippen LogP contribution is -2.09. The van der Waals surface area contributed by atoms with E-state index >= 15 is 0 Å². The summed E-state index contributed by atoms with van der Waals surface area (Å²) in [4.78, 5) is 11.4. The first-order chi connectivity index (χ1) is 7.10. The fourth-order valence-electron chi connectivity index (χ4n) is 1.18. The smallest absolute Gasteiger partial charge is 0.339 e. The van der Waals surface area contributed by atoms with Crippen molar-refractivity contribution in [1.82, 2.24) is 0 Å². The van der Waals surface area contributed by atoms with Crippen molar-refractivity contribution in [2.45, 2.75) is 6.92 Å². The van der Waals surface area contributed by atoms with E-state index in [1.807, 2.05) is 6.07 Å². The van der Waals surface area contributed by atoms with Crippen LogP contribution in [0.3, 0.4) is 0 Å². The highest BCUT2D eigenvalue weighted by atomic mass is 16.5. The number of hydrogen-bond donors (Lipinski definition) is 2. The zero-order chi connectivity index (χ0) is 11.4. The lowest BCUT2D eigenvalue weighted by atomic mass is 10.1. The molecule has 0 aliphatic carbocycles. The molecule has 5 heteroatoms. The highest BCUT2D eigenvalue weighted by Crippen LogP contribution is 2.21. The van der Waals surface area contributed by atoms with Crippen LogP contribution in [0.15, 0.2) is 12.1 Å². The van der Waals surface area contributed by atoms with Crippen LogP contribution in [0.1, 0.15) is 22.8 Å². The molecule has 0 saturated carbocycles. The molecule has 0 unspecified atom stereocenters. The van der Waals surface area contributed by atoms with E-state index in [0.717, 1.165) is 0 Å². The number of hydrogen-bond acceptors (Lipinski definition) is 5. The Morgan fingerprint density at radius 1 is 1.53 bits per heavy atom. The van der Waals surface area contributed by atoms with Crippen molar-refractivity contribution in [2.24, 2.45) is 0 Å². The van der Waals surface area contributed by atoms with Gasteiger partial charge in [-0.1, -0.05) is 0 Å². The van der Waals surface area contributed by atoms with E-state index in [-0.39, 0.29) is 23.4 Å². The first-order valence-electron chi connectivity index (χ1n) is 4.36. The van der Waals surface area contributed by atoms with Crippen LogP contribution in [-0.2, 0) is 4.74 Å². The number of rotatable bonds is 2. The number of carbonyl (C=O) groups is 1. The Labute approximate surface area is 87.2 Å². The summed E-state index contributed by atoms with van der Waals surface area (Å²) in [7, 11) is 0. The molecule has 0 bridgehead atoms. The van der Waals surface area contributed by atoms with Gasteiger partial charge in [0.05, 0.1) is 23.4 Å². The Balaban J connectivity index is 3.28. The molecule has 0 saturated heterocycles. The molecule has 0 spiro atoms. The van der Waals surface area contributed by atoms with Crippen molar-refractivity contribution in [3.8, 4) is 6.07 Å². The summed E-state index contributed by atoms with van der Waals surface area (Å²) in [6.45, 7) is 1.91. The van der Waals surface area contributed by atoms with Gasteiger partial charge in [0.2, 0.25) is 0 Å². The van der Waals surface area contributed by atoms with Crippen molar-refractivity contribution >= 4 is 17.3 Å². The quantitative estimate of drug-likeness (QED) is 0.551.